The molecular formula is C14H17N3. The smallest absolute Gasteiger partial charge is 0.207 e. The average molecular weight is 227 g/mol. The zero-order valence-electron chi connectivity index (χ0n) is 10.3. The van der Waals surface area contributed by atoms with Gasteiger partial charge in [-0.05, 0) is 25.5 Å². The maximum Gasteiger partial charge on any atom is 0.207 e. The number of hydrogen-bond acceptors (Lipinski definition) is 2. The van der Waals surface area contributed by atoms with Crippen LogP contribution in [0.15, 0.2) is 43.1 Å². The number of rotatable bonds is 4. The summed E-state index contributed by atoms with van der Waals surface area (Å²) < 4.78 is 2.08. The summed E-state index contributed by atoms with van der Waals surface area (Å²) in [5, 5.41) is 3.24. The number of benzene rings is 1. The number of imidazole rings is 1. The molecule has 0 bridgehead atoms. The molecule has 0 aliphatic rings. The van der Waals surface area contributed by atoms with Gasteiger partial charge in [-0.1, -0.05) is 24.3 Å². The fourth-order valence-electron chi connectivity index (χ4n) is 1.80. The number of aryl methyl sites for hydroxylation is 2. The summed E-state index contributed by atoms with van der Waals surface area (Å²) in [6, 6.07) is 8.27. The summed E-state index contributed by atoms with van der Waals surface area (Å²) in [7, 11) is 0. The number of para-hydroxylation sites is 1. The maximum absolute atomic E-state index is 4.47. The van der Waals surface area contributed by atoms with E-state index in [0.29, 0.717) is 6.54 Å². The molecule has 2 rings (SSSR count). The van der Waals surface area contributed by atoms with Gasteiger partial charge < -0.3 is 5.32 Å². The van der Waals surface area contributed by atoms with Crippen LogP contribution in [0, 0.1) is 13.8 Å². The third kappa shape index (κ3) is 2.38. The van der Waals surface area contributed by atoms with E-state index in [4.69, 9.17) is 0 Å². The Balaban J connectivity index is 2.44. The topological polar surface area (TPSA) is 29.9 Å². The van der Waals surface area contributed by atoms with Crippen LogP contribution in [0.5, 0.6) is 0 Å². The SMILES string of the molecule is C=CCNc1nc(C)cn1-c1ccccc1C. The molecule has 0 unspecified atom stereocenters. The number of nitrogens with one attached hydrogen (secondary N) is 1. The Morgan fingerprint density at radius 3 is 2.82 bits per heavy atom. The average Bonchev–Trinajstić information content (AvgIpc) is 2.68. The molecule has 0 saturated carbocycles. The predicted molar refractivity (Wildman–Crippen MR) is 71.7 cm³/mol. The molecule has 3 nitrogen and oxygen atoms in total. The van der Waals surface area contributed by atoms with Crippen molar-refractivity contribution in [1.29, 1.82) is 0 Å². The van der Waals surface area contributed by atoms with Crippen LogP contribution in [0.2, 0.25) is 0 Å². The van der Waals surface area contributed by atoms with Crippen LogP contribution in [0.1, 0.15) is 11.3 Å². The van der Waals surface area contributed by atoms with Crippen LogP contribution in [-0.2, 0) is 0 Å². The highest BCUT2D eigenvalue weighted by Crippen LogP contribution is 2.19. The van der Waals surface area contributed by atoms with E-state index in [9.17, 15) is 0 Å². The van der Waals surface area contributed by atoms with Crippen molar-refractivity contribution in [2.24, 2.45) is 0 Å². The van der Waals surface area contributed by atoms with E-state index in [0.717, 1.165) is 17.3 Å². The van der Waals surface area contributed by atoms with E-state index in [1.165, 1.54) is 5.56 Å². The van der Waals surface area contributed by atoms with Gasteiger partial charge in [0.05, 0.1) is 11.4 Å². The third-order valence-electron chi connectivity index (χ3n) is 2.61. The van der Waals surface area contributed by atoms with Crippen molar-refractivity contribution in [3.8, 4) is 5.69 Å². The standard InChI is InChI=1S/C14H17N3/c1-4-9-15-14-16-12(3)10-17(14)13-8-6-5-7-11(13)2/h4-8,10H,1,9H2,2-3H3,(H,15,16). The van der Waals surface area contributed by atoms with Gasteiger partial charge in [0, 0.05) is 12.7 Å². The van der Waals surface area contributed by atoms with Gasteiger partial charge in [0.15, 0.2) is 0 Å². The fraction of sp³-hybridized carbons (Fsp3) is 0.214. The van der Waals surface area contributed by atoms with Gasteiger partial charge >= 0.3 is 0 Å². The van der Waals surface area contributed by atoms with E-state index in [2.05, 4.69) is 40.5 Å². The lowest BCUT2D eigenvalue weighted by Crippen LogP contribution is -2.06. The van der Waals surface area contributed by atoms with Crippen molar-refractivity contribution < 1.29 is 0 Å². The van der Waals surface area contributed by atoms with E-state index in [-0.39, 0.29) is 0 Å². The van der Waals surface area contributed by atoms with Gasteiger partial charge in [-0.3, -0.25) is 4.57 Å². The Hall–Kier alpha value is -2.03. The zero-order valence-corrected chi connectivity index (χ0v) is 10.3. The molecule has 0 aliphatic carbocycles. The van der Waals surface area contributed by atoms with Crippen LogP contribution in [-0.4, -0.2) is 16.1 Å². The maximum atomic E-state index is 4.47. The van der Waals surface area contributed by atoms with Crippen molar-refractivity contribution in [3.63, 3.8) is 0 Å². The number of nitrogens with zero attached hydrogens (tertiary/aromatic N) is 2. The van der Waals surface area contributed by atoms with Crippen LogP contribution >= 0.6 is 0 Å². The predicted octanol–water partition coefficient (Wildman–Crippen LogP) is 3.09. The lowest BCUT2D eigenvalue weighted by molar-refractivity contribution is 1.03. The van der Waals surface area contributed by atoms with E-state index in [1.807, 2.05) is 31.3 Å². The van der Waals surface area contributed by atoms with Gasteiger partial charge in [-0.15, -0.1) is 6.58 Å². The van der Waals surface area contributed by atoms with Gasteiger partial charge in [0.25, 0.3) is 0 Å². The molecule has 3 heteroatoms. The van der Waals surface area contributed by atoms with Crippen molar-refractivity contribution in [3.05, 3.63) is 54.4 Å². The van der Waals surface area contributed by atoms with Crippen molar-refractivity contribution in [2.75, 3.05) is 11.9 Å². The second-order valence-electron chi connectivity index (χ2n) is 4.03. The van der Waals surface area contributed by atoms with Gasteiger partial charge in [-0.2, -0.15) is 0 Å². The molecule has 0 amide bonds. The molecular weight excluding hydrogens is 210 g/mol. The number of anilines is 1. The molecule has 1 heterocycles. The first kappa shape index (κ1) is 11.5. The third-order valence-corrected chi connectivity index (χ3v) is 2.61. The first-order valence-corrected chi connectivity index (χ1v) is 5.69. The summed E-state index contributed by atoms with van der Waals surface area (Å²) >= 11 is 0. The molecule has 1 N–H and O–H groups in total. The Bertz CT molecular complexity index is 526. The van der Waals surface area contributed by atoms with Gasteiger partial charge in [0.1, 0.15) is 0 Å². The quantitative estimate of drug-likeness (QED) is 0.813. The van der Waals surface area contributed by atoms with Crippen LogP contribution < -0.4 is 5.32 Å². The minimum absolute atomic E-state index is 0.711. The largest absolute Gasteiger partial charge is 0.352 e. The molecule has 1 aromatic heterocycles. The molecule has 0 atom stereocenters. The molecule has 0 saturated heterocycles. The monoisotopic (exact) mass is 227 g/mol. The Labute approximate surface area is 102 Å². The molecule has 0 radical (unpaired) electrons. The molecule has 1 aromatic carbocycles. The van der Waals surface area contributed by atoms with E-state index < -0.39 is 0 Å². The summed E-state index contributed by atoms with van der Waals surface area (Å²) in [4.78, 5) is 4.47. The first-order valence-electron chi connectivity index (χ1n) is 5.69. The Morgan fingerprint density at radius 2 is 2.12 bits per heavy atom. The van der Waals surface area contributed by atoms with E-state index in [1.54, 1.807) is 0 Å². The molecule has 0 aliphatic heterocycles. The molecule has 88 valence electrons. The van der Waals surface area contributed by atoms with Crippen LogP contribution in [0.4, 0.5) is 5.95 Å². The van der Waals surface area contributed by atoms with Crippen LogP contribution in [0.3, 0.4) is 0 Å². The Morgan fingerprint density at radius 1 is 1.35 bits per heavy atom. The highest BCUT2D eigenvalue weighted by atomic mass is 15.2. The summed E-state index contributed by atoms with van der Waals surface area (Å²) in [6.45, 7) is 8.51. The van der Waals surface area contributed by atoms with Crippen molar-refractivity contribution >= 4 is 5.95 Å². The lowest BCUT2D eigenvalue weighted by Gasteiger charge is -2.10. The minimum Gasteiger partial charge on any atom is -0.352 e. The zero-order chi connectivity index (χ0) is 12.3. The summed E-state index contributed by atoms with van der Waals surface area (Å²) in [5.74, 6) is 0.858. The van der Waals surface area contributed by atoms with Crippen LogP contribution in [0.25, 0.3) is 5.69 Å². The van der Waals surface area contributed by atoms with E-state index >= 15 is 0 Å². The molecule has 2 aromatic rings. The fourth-order valence-corrected chi connectivity index (χ4v) is 1.80. The second-order valence-corrected chi connectivity index (χ2v) is 4.03. The highest BCUT2D eigenvalue weighted by Gasteiger charge is 2.07. The van der Waals surface area contributed by atoms with Crippen molar-refractivity contribution in [1.82, 2.24) is 9.55 Å². The number of hydrogen-bond donors (Lipinski definition) is 1. The summed E-state index contributed by atoms with van der Waals surface area (Å²) in [5.41, 5.74) is 3.38. The lowest BCUT2D eigenvalue weighted by atomic mass is 10.2. The van der Waals surface area contributed by atoms with Gasteiger partial charge in [-0.25, -0.2) is 4.98 Å². The number of aromatic nitrogens is 2. The normalized spacial score (nSPS) is 10.2. The van der Waals surface area contributed by atoms with Crippen molar-refractivity contribution in [2.45, 2.75) is 13.8 Å². The minimum atomic E-state index is 0.711. The first-order chi connectivity index (χ1) is 8.22. The summed E-state index contributed by atoms with van der Waals surface area (Å²) in [6.07, 6.45) is 3.86. The Kier molecular flexibility index (Phi) is 3.28. The van der Waals surface area contributed by atoms with Gasteiger partial charge in [0.2, 0.25) is 5.95 Å². The highest BCUT2D eigenvalue weighted by molar-refractivity contribution is 5.47. The molecule has 0 fully saturated rings. The molecule has 17 heavy (non-hydrogen) atoms. The molecule has 0 spiro atoms. The second kappa shape index (κ2) is 4.87.